The molecule has 2 aromatic heterocycles. The fourth-order valence-electron chi connectivity index (χ4n) is 1.40. The number of ether oxygens (including phenoxy) is 1. The number of esters is 1. The molecule has 0 fully saturated rings. The molecule has 0 aliphatic heterocycles. The lowest BCUT2D eigenvalue weighted by atomic mass is 10.2. The number of hydrogen-bond acceptors (Lipinski definition) is 5. The zero-order valence-corrected chi connectivity index (χ0v) is 9.40. The normalized spacial score (nSPS) is 10.1. The van der Waals surface area contributed by atoms with Crippen molar-refractivity contribution in [1.82, 2.24) is 14.8 Å². The van der Waals surface area contributed by atoms with Crippen LogP contribution in [0.3, 0.4) is 0 Å². The molecule has 0 saturated carbocycles. The monoisotopic (exact) mass is 247 g/mol. The Labute approximate surface area is 102 Å². The smallest absolute Gasteiger partial charge is 0.362 e. The van der Waals surface area contributed by atoms with Gasteiger partial charge in [-0.25, -0.2) is 9.59 Å². The molecule has 7 nitrogen and oxygen atoms in total. The first-order valence-corrected chi connectivity index (χ1v) is 4.97. The highest BCUT2D eigenvalue weighted by atomic mass is 16.5. The molecule has 0 amide bonds. The number of rotatable bonds is 3. The summed E-state index contributed by atoms with van der Waals surface area (Å²) in [7, 11) is 1.46. The Morgan fingerprint density at radius 1 is 1.39 bits per heavy atom. The van der Waals surface area contributed by atoms with Crippen LogP contribution in [0.2, 0.25) is 0 Å². The van der Waals surface area contributed by atoms with E-state index in [0.29, 0.717) is 0 Å². The molecule has 0 spiro atoms. The van der Waals surface area contributed by atoms with E-state index in [1.807, 2.05) is 0 Å². The average Bonchev–Trinajstić information content (AvgIpc) is 2.72. The number of aryl methyl sites for hydroxylation is 1. The first-order chi connectivity index (χ1) is 8.59. The summed E-state index contributed by atoms with van der Waals surface area (Å²) in [6.45, 7) is 0. The van der Waals surface area contributed by atoms with Crippen LogP contribution in [0.5, 0.6) is 5.75 Å². The van der Waals surface area contributed by atoms with Gasteiger partial charge in [0.15, 0.2) is 5.69 Å². The van der Waals surface area contributed by atoms with Gasteiger partial charge in [-0.15, -0.1) is 0 Å². The summed E-state index contributed by atoms with van der Waals surface area (Å²) >= 11 is 0. The summed E-state index contributed by atoms with van der Waals surface area (Å²) in [5.74, 6) is -1.79. The fraction of sp³-hybridized carbons (Fsp3) is 0.0909. The van der Waals surface area contributed by atoms with Crippen molar-refractivity contribution in [2.45, 2.75) is 0 Å². The third-order valence-electron chi connectivity index (χ3n) is 2.21. The van der Waals surface area contributed by atoms with E-state index < -0.39 is 11.9 Å². The molecule has 2 rings (SSSR count). The Kier molecular flexibility index (Phi) is 3.05. The van der Waals surface area contributed by atoms with Gasteiger partial charge in [-0.1, -0.05) is 0 Å². The molecule has 0 radical (unpaired) electrons. The number of carbonyl (C=O) groups is 2. The van der Waals surface area contributed by atoms with E-state index in [4.69, 9.17) is 9.84 Å². The average molecular weight is 247 g/mol. The van der Waals surface area contributed by atoms with E-state index in [1.165, 1.54) is 19.4 Å². The van der Waals surface area contributed by atoms with Crippen molar-refractivity contribution in [3.05, 3.63) is 42.0 Å². The molecule has 0 atom stereocenters. The van der Waals surface area contributed by atoms with Crippen LogP contribution in [0.15, 0.2) is 30.7 Å². The zero-order chi connectivity index (χ0) is 13.1. The van der Waals surface area contributed by atoms with Crippen molar-refractivity contribution >= 4 is 11.9 Å². The Bertz CT molecular complexity index is 592. The minimum Gasteiger partial charge on any atom is -0.478 e. The number of hydrogen-bond donors (Lipinski definition) is 1. The van der Waals surface area contributed by atoms with Gasteiger partial charge in [0.05, 0.1) is 12.4 Å². The molecule has 0 aliphatic rings. The Morgan fingerprint density at radius 3 is 2.78 bits per heavy atom. The molecule has 0 saturated heterocycles. The lowest BCUT2D eigenvalue weighted by molar-refractivity contribution is 0.0663. The second-order valence-electron chi connectivity index (χ2n) is 3.41. The summed E-state index contributed by atoms with van der Waals surface area (Å²) in [5, 5.41) is 12.6. The van der Waals surface area contributed by atoms with Gasteiger partial charge in [-0.3, -0.25) is 9.67 Å². The van der Waals surface area contributed by atoms with E-state index >= 15 is 0 Å². The molecule has 18 heavy (non-hydrogen) atoms. The maximum Gasteiger partial charge on any atom is 0.362 e. The quantitative estimate of drug-likeness (QED) is 0.803. The number of carboxylic acid groups (broad SMARTS) is 1. The fourth-order valence-corrected chi connectivity index (χ4v) is 1.40. The van der Waals surface area contributed by atoms with Gasteiger partial charge in [0.2, 0.25) is 0 Å². The van der Waals surface area contributed by atoms with Crippen molar-refractivity contribution in [2.75, 3.05) is 0 Å². The number of carboxylic acids is 1. The summed E-state index contributed by atoms with van der Waals surface area (Å²) < 4.78 is 6.16. The van der Waals surface area contributed by atoms with Gasteiger partial charge in [0.25, 0.3) is 0 Å². The summed E-state index contributed by atoms with van der Waals surface area (Å²) in [6, 6.07) is 3.14. The number of carbonyl (C=O) groups excluding carboxylic acids is 1. The van der Waals surface area contributed by atoms with E-state index in [9.17, 15) is 9.59 Å². The first kappa shape index (κ1) is 11.8. The number of pyridine rings is 1. The van der Waals surface area contributed by atoms with Crippen molar-refractivity contribution in [1.29, 1.82) is 0 Å². The number of aromatic carboxylic acids is 1. The molecule has 2 aromatic rings. The van der Waals surface area contributed by atoms with E-state index in [0.717, 1.165) is 10.9 Å². The zero-order valence-electron chi connectivity index (χ0n) is 9.40. The van der Waals surface area contributed by atoms with Crippen LogP contribution in [0.1, 0.15) is 20.8 Å². The van der Waals surface area contributed by atoms with E-state index in [-0.39, 0.29) is 17.0 Å². The van der Waals surface area contributed by atoms with Crippen molar-refractivity contribution in [3.63, 3.8) is 0 Å². The van der Waals surface area contributed by atoms with Crippen LogP contribution in [0.4, 0.5) is 0 Å². The van der Waals surface area contributed by atoms with Gasteiger partial charge in [0, 0.05) is 13.2 Å². The topological polar surface area (TPSA) is 94.3 Å². The second-order valence-corrected chi connectivity index (χ2v) is 3.41. The lowest BCUT2D eigenvalue weighted by Gasteiger charge is -2.04. The number of nitrogens with zero attached hydrogens (tertiary/aromatic N) is 3. The Hall–Kier alpha value is -2.70. The van der Waals surface area contributed by atoms with E-state index in [1.54, 1.807) is 12.1 Å². The molecule has 92 valence electrons. The third kappa shape index (κ3) is 2.19. The van der Waals surface area contributed by atoms with Gasteiger partial charge >= 0.3 is 11.9 Å². The molecular weight excluding hydrogens is 238 g/mol. The largest absolute Gasteiger partial charge is 0.478 e. The molecule has 0 unspecified atom stereocenters. The number of aromatic nitrogens is 3. The maximum atomic E-state index is 11.8. The summed E-state index contributed by atoms with van der Waals surface area (Å²) in [5.41, 5.74) is -0.322. The van der Waals surface area contributed by atoms with Crippen LogP contribution in [0.25, 0.3) is 0 Å². The molecule has 0 bridgehead atoms. The van der Waals surface area contributed by atoms with Crippen LogP contribution < -0.4 is 4.74 Å². The second kappa shape index (κ2) is 4.66. The molecule has 7 heteroatoms. The lowest BCUT2D eigenvalue weighted by Crippen LogP contribution is -2.17. The summed E-state index contributed by atoms with van der Waals surface area (Å²) in [4.78, 5) is 26.5. The summed E-state index contributed by atoms with van der Waals surface area (Å²) in [6.07, 6.45) is 3.99. The molecule has 0 aliphatic carbocycles. The van der Waals surface area contributed by atoms with Crippen LogP contribution in [-0.4, -0.2) is 31.8 Å². The van der Waals surface area contributed by atoms with E-state index in [2.05, 4.69) is 10.1 Å². The molecule has 0 aromatic carbocycles. The van der Waals surface area contributed by atoms with Crippen molar-refractivity contribution in [2.24, 2.45) is 7.05 Å². The predicted octanol–water partition coefficient (Wildman–Crippen LogP) is 0.732. The Morgan fingerprint density at radius 2 is 2.17 bits per heavy atom. The molecule has 1 N–H and O–H groups in total. The van der Waals surface area contributed by atoms with Crippen molar-refractivity contribution in [3.8, 4) is 5.75 Å². The minimum atomic E-state index is -1.23. The highest BCUT2D eigenvalue weighted by Crippen LogP contribution is 2.13. The SMILES string of the molecule is Cn1ncc(C(=O)O)c1C(=O)Oc1cccnc1. The van der Waals surface area contributed by atoms with Crippen LogP contribution >= 0.6 is 0 Å². The maximum absolute atomic E-state index is 11.8. The van der Waals surface area contributed by atoms with Gasteiger partial charge in [0.1, 0.15) is 11.3 Å². The Balaban J connectivity index is 2.29. The van der Waals surface area contributed by atoms with Gasteiger partial charge in [-0.2, -0.15) is 5.10 Å². The van der Waals surface area contributed by atoms with Crippen molar-refractivity contribution < 1.29 is 19.4 Å². The molecular formula is C11H9N3O4. The molecule has 2 heterocycles. The third-order valence-corrected chi connectivity index (χ3v) is 2.21. The van der Waals surface area contributed by atoms with Gasteiger partial charge < -0.3 is 9.84 Å². The first-order valence-electron chi connectivity index (χ1n) is 4.97. The highest BCUT2D eigenvalue weighted by Gasteiger charge is 2.23. The predicted molar refractivity (Wildman–Crippen MR) is 59.4 cm³/mol. The van der Waals surface area contributed by atoms with Gasteiger partial charge in [-0.05, 0) is 12.1 Å². The standard InChI is InChI=1S/C11H9N3O4/c1-14-9(8(6-13-14)10(15)16)11(17)18-7-3-2-4-12-5-7/h2-6H,1H3,(H,15,16). The highest BCUT2D eigenvalue weighted by molar-refractivity contribution is 6.01. The van der Waals surface area contributed by atoms with Crippen LogP contribution in [-0.2, 0) is 7.05 Å². The minimum absolute atomic E-state index is 0.119. The van der Waals surface area contributed by atoms with Crippen LogP contribution in [0, 0.1) is 0 Å².